The Hall–Kier alpha value is -3.42. The number of ether oxygens (including phenoxy) is 4. The predicted octanol–water partition coefficient (Wildman–Crippen LogP) is 1.81. The summed E-state index contributed by atoms with van der Waals surface area (Å²) in [6.07, 6.45) is 0.196. The molecular weight excluding hydrogens is 376 g/mol. The molecule has 0 saturated heterocycles. The highest BCUT2D eigenvalue weighted by Gasteiger charge is 2.11. The molecule has 8 heteroatoms. The van der Waals surface area contributed by atoms with Gasteiger partial charge in [0.15, 0.2) is 11.5 Å². The molecule has 29 heavy (non-hydrogen) atoms. The first-order chi connectivity index (χ1) is 14.0. The van der Waals surface area contributed by atoms with Crippen LogP contribution in [-0.4, -0.2) is 53.3 Å². The highest BCUT2D eigenvalue weighted by Crippen LogP contribution is 2.27. The van der Waals surface area contributed by atoms with Crippen LogP contribution >= 0.6 is 0 Å². The number of benzene rings is 2. The maximum Gasteiger partial charge on any atom is 0.251 e. The Labute approximate surface area is 170 Å². The van der Waals surface area contributed by atoms with Crippen LogP contribution in [-0.2, 0) is 11.2 Å². The minimum Gasteiger partial charge on any atom is -0.497 e. The summed E-state index contributed by atoms with van der Waals surface area (Å²) in [6, 6.07) is 10.2. The van der Waals surface area contributed by atoms with Crippen LogP contribution < -0.4 is 29.6 Å². The van der Waals surface area contributed by atoms with Crippen molar-refractivity contribution in [1.82, 2.24) is 10.6 Å². The van der Waals surface area contributed by atoms with E-state index in [1.54, 1.807) is 50.6 Å². The summed E-state index contributed by atoms with van der Waals surface area (Å²) >= 11 is 0. The van der Waals surface area contributed by atoms with Crippen molar-refractivity contribution >= 4 is 11.8 Å². The van der Waals surface area contributed by atoms with Gasteiger partial charge < -0.3 is 29.6 Å². The van der Waals surface area contributed by atoms with Gasteiger partial charge in [0.1, 0.15) is 11.5 Å². The van der Waals surface area contributed by atoms with Crippen LogP contribution in [0.3, 0.4) is 0 Å². The minimum atomic E-state index is -0.281. The van der Waals surface area contributed by atoms with Crippen LogP contribution in [0.2, 0.25) is 0 Å². The average molecular weight is 402 g/mol. The highest BCUT2D eigenvalue weighted by molar-refractivity contribution is 5.95. The first-order valence-electron chi connectivity index (χ1n) is 8.99. The van der Waals surface area contributed by atoms with E-state index in [0.717, 1.165) is 5.56 Å². The van der Waals surface area contributed by atoms with Gasteiger partial charge in [-0.1, -0.05) is 6.07 Å². The van der Waals surface area contributed by atoms with Crippen molar-refractivity contribution < 1.29 is 28.5 Å². The fraction of sp³-hybridized carbons (Fsp3) is 0.333. The quantitative estimate of drug-likeness (QED) is 0.589. The van der Waals surface area contributed by atoms with Gasteiger partial charge >= 0.3 is 0 Å². The normalized spacial score (nSPS) is 10.1. The molecule has 0 heterocycles. The number of carbonyl (C=O) groups excluding carboxylic acids is 2. The zero-order valence-corrected chi connectivity index (χ0v) is 17.0. The van der Waals surface area contributed by atoms with Crippen LogP contribution in [0.4, 0.5) is 0 Å². The second-order valence-corrected chi connectivity index (χ2v) is 6.07. The third-order valence-corrected chi connectivity index (χ3v) is 4.16. The largest absolute Gasteiger partial charge is 0.497 e. The molecule has 0 atom stereocenters. The van der Waals surface area contributed by atoms with Crippen LogP contribution in [0.25, 0.3) is 0 Å². The molecule has 0 bridgehead atoms. The molecule has 0 fully saturated rings. The molecule has 2 N–H and O–H groups in total. The zero-order chi connectivity index (χ0) is 21.2. The van der Waals surface area contributed by atoms with Gasteiger partial charge in [-0.05, 0) is 29.8 Å². The van der Waals surface area contributed by atoms with Crippen molar-refractivity contribution in [3.05, 3.63) is 47.5 Å². The second kappa shape index (κ2) is 10.8. The molecule has 2 aromatic carbocycles. The second-order valence-electron chi connectivity index (χ2n) is 6.07. The molecule has 2 aromatic rings. The number of carbonyl (C=O) groups is 2. The Bertz CT molecular complexity index is 831. The maximum absolute atomic E-state index is 12.3. The molecule has 0 spiro atoms. The first kappa shape index (κ1) is 21.9. The van der Waals surface area contributed by atoms with Crippen molar-refractivity contribution in [2.24, 2.45) is 0 Å². The van der Waals surface area contributed by atoms with Crippen molar-refractivity contribution in [2.45, 2.75) is 6.42 Å². The monoisotopic (exact) mass is 402 g/mol. The number of hydrogen-bond acceptors (Lipinski definition) is 6. The summed E-state index contributed by atoms with van der Waals surface area (Å²) in [5, 5.41) is 5.53. The van der Waals surface area contributed by atoms with E-state index in [1.807, 2.05) is 0 Å². The number of rotatable bonds is 10. The van der Waals surface area contributed by atoms with Crippen LogP contribution in [0, 0.1) is 0 Å². The van der Waals surface area contributed by atoms with E-state index < -0.39 is 0 Å². The van der Waals surface area contributed by atoms with Gasteiger partial charge in [0.05, 0.1) is 34.9 Å². The molecule has 0 radical (unpaired) electrons. The molecule has 8 nitrogen and oxygen atoms in total. The molecule has 2 rings (SSSR count). The number of amides is 2. The fourth-order valence-corrected chi connectivity index (χ4v) is 2.66. The lowest BCUT2D eigenvalue weighted by atomic mass is 10.1. The van der Waals surface area contributed by atoms with Crippen LogP contribution in [0.1, 0.15) is 15.9 Å². The third-order valence-electron chi connectivity index (χ3n) is 4.16. The molecule has 156 valence electrons. The summed E-state index contributed by atoms with van der Waals surface area (Å²) < 4.78 is 20.7. The first-order valence-corrected chi connectivity index (χ1v) is 8.99. The van der Waals surface area contributed by atoms with E-state index in [0.29, 0.717) is 35.1 Å². The fourth-order valence-electron chi connectivity index (χ4n) is 2.66. The number of nitrogens with one attached hydrogen (secondary N) is 2. The van der Waals surface area contributed by atoms with Gasteiger partial charge in [-0.15, -0.1) is 0 Å². The number of hydrogen-bond donors (Lipinski definition) is 2. The lowest BCUT2D eigenvalue weighted by Gasteiger charge is -2.11. The smallest absolute Gasteiger partial charge is 0.251 e. The molecule has 0 aliphatic heterocycles. The molecule has 0 aliphatic rings. The summed E-state index contributed by atoms with van der Waals surface area (Å²) in [4.78, 5) is 24.4. The Morgan fingerprint density at radius 2 is 1.38 bits per heavy atom. The molecular formula is C21H26N2O6. The molecule has 0 aliphatic carbocycles. The van der Waals surface area contributed by atoms with Gasteiger partial charge in [0.2, 0.25) is 5.91 Å². The van der Waals surface area contributed by atoms with Crippen molar-refractivity contribution in [3.8, 4) is 23.0 Å². The molecule has 0 unspecified atom stereocenters. The lowest BCUT2D eigenvalue weighted by molar-refractivity contribution is -0.120. The highest BCUT2D eigenvalue weighted by atomic mass is 16.5. The Morgan fingerprint density at radius 3 is 1.97 bits per heavy atom. The SMILES string of the molecule is COc1cc(OC)cc(C(=O)NCCNC(=O)Cc2ccc(OC)c(OC)c2)c1. The molecule has 0 aromatic heterocycles. The van der Waals surface area contributed by atoms with E-state index in [9.17, 15) is 9.59 Å². The predicted molar refractivity (Wildman–Crippen MR) is 108 cm³/mol. The third kappa shape index (κ3) is 6.31. The Kier molecular flexibility index (Phi) is 8.14. The van der Waals surface area contributed by atoms with Gasteiger partial charge in [-0.2, -0.15) is 0 Å². The van der Waals surface area contributed by atoms with Gasteiger partial charge in [0, 0.05) is 24.7 Å². The number of methoxy groups -OCH3 is 4. The minimum absolute atomic E-state index is 0.158. The van der Waals surface area contributed by atoms with Crippen LogP contribution in [0.5, 0.6) is 23.0 Å². The topological polar surface area (TPSA) is 95.1 Å². The van der Waals surface area contributed by atoms with Crippen molar-refractivity contribution in [2.75, 3.05) is 41.5 Å². The average Bonchev–Trinajstić information content (AvgIpc) is 2.75. The lowest BCUT2D eigenvalue weighted by Crippen LogP contribution is -2.35. The summed E-state index contributed by atoms with van der Waals surface area (Å²) in [6.45, 7) is 0.592. The van der Waals surface area contributed by atoms with E-state index in [2.05, 4.69) is 10.6 Å². The molecule has 0 saturated carbocycles. The molecule has 2 amide bonds. The van der Waals surface area contributed by atoms with E-state index >= 15 is 0 Å². The van der Waals surface area contributed by atoms with Gasteiger partial charge in [-0.3, -0.25) is 9.59 Å². The van der Waals surface area contributed by atoms with Gasteiger partial charge in [-0.25, -0.2) is 0 Å². The van der Waals surface area contributed by atoms with E-state index in [4.69, 9.17) is 18.9 Å². The standard InChI is InChI=1S/C21H26N2O6/c1-26-16-11-15(12-17(13-16)27-2)21(25)23-8-7-22-20(24)10-14-5-6-18(28-3)19(9-14)29-4/h5-6,9,11-13H,7-8,10H2,1-4H3,(H,22,24)(H,23,25). The maximum atomic E-state index is 12.3. The summed E-state index contributed by atoms with van der Waals surface area (Å²) in [5.74, 6) is 1.79. The van der Waals surface area contributed by atoms with Crippen molar-refractivity contribution in [1.29, 1.82) is 0 Å². The summed E-state index contributed by atoms with van der Waals surface area (Å²) in [7, 11) is 6.14. The Balaban J connectivity index is 1.81. The van der Waals surface area contributed by atoms with Gasteiger partial charge in [0.25, 0.3) is 5.91 Å². The van der Waals surface area contributed by atoms with Crippen molar-refractivity contribution in [3.63, 3.8) is 0 Å². The van der Waals surface area contributed by atoms with E-state index in [1.165, 1.54) is 14.2 Å². The zero-order valence-electron chi connectivity index (χ0n) is 17.0. The summed E-state index contributed by atoms with van der Waals surface area (Å²) in [5.41, 5.74) is 1.21. The van der Waals surface area contributed by atoms with E-state index in [-0.39, 0.29) is 24.8 Å². The Morgan fingerprint density at radius 1 is 0.759 bits per heavy atom. The van der Waals surface area contributed by atoms with Crippen LogP contribution in [0.15, 0.2) is 36.4 Å².